The van der Waals surface area contributed by atoms with Gasteiger partial charge in [0.1, 0.15) is 6.73 Å². The maximum Gasteiger partial charge on any atom is 0.330 e. The second kappa shape index (κ2) is 2.71. The Morgan fingerprint density at radius 2 is 2.27 bits per heavy atom. The molecular formula is C6H8N2O3. The van der Waals surface area contributed by atoms with Crippen LogP contribution in [0.4, 0.5) is 0 Å². The topological polar surface area (TPSA) is 75.1 Å². The van der Waals surface area contributed by atoms with Crippen LogP contribution in [0.2, 0.25) is 0 Å². The summed E-state index contributed by atoms with van der Waals surface area (Å²) in [6.07, 6.45) is 1.31. The molecule has 0 bridgehead atoms. The molecule has 0 aliphatic rings. The van der Waals surface area contributed by atoms with Crippen LogP contribution in [-0.2, 0) is 6.73 Å². The summed E-state index contributed by atoms with van der Waals surface area (Å²) in [5.74, 6) is 0. The number of rotatable bonds is 1. The summed E-state index contributed by atoms with van der Waals surface area (Å²) >= 11 is 0. The number of hydrogen-bond donors (Lipinski definition) is 2. The summed E-state index contributed by atoms with van der Waals surface area (Å²) in [6, 6.07) is 0. The van der Waals surface area contributed by atoms with Crippen LogP contribution in [0.5, 0.6) is 0 Å². The van der Waals surface area contributed by atoms with Crippen molar-refractivity contribution >= 4 is 0 Å². The van der Waals surface area contributed by atoms with E-state index in [-0.39, 0.29) is 0 Å². The number of aliphatic hydroxyl groups is 1. The first-order valence-corrected chi connectivity index (χ1v) is 3.06. The monoisotopic (exact) mass is 156 g/mol. The van der Waals surface area contributed by atoms with Crippen molar-refractivity contribution in [1.82, 2.24) is 9.55 Å². The molecule has 11 heavy (non-hydrogen) atoms. The molecule has 0 radical (unpaired) electrons. The average molecular weight is 156 g/mol. The van der Waals surface area contributed by atoms with Crippen molar-refractivity contribution in [3.8, 4) is 0 Å². The minimum Gasteiger partial charge on any atom is -0.376 e. The van der Waals surface area contributed by atoms with Gasteiger partial charge in [0.15, 0.2) is 0 Å². The second-order valence-electron chi connectivity index (χ2n) is 2.18. The molecule has 0 unspecified atom stereocenters. The third kappa shape index (κ3) is 1.38. The summed E-state index contributed by atoms with van der Waals surface area (Å²) in [5.41, 5.74) is -0.610. The van der Waals surface area contributed by atoms with Gasteiger partial charge < -0.3 is 5.11 Å². The molecule has 1 aromatic rings. The molecule has 0 saturated heterocycles. The summed E-state index contributed by atoms with van der Waals surface area (Å²) in [6.45, 7) is 1.14. The van der Waals surface area contributed by atoms with Gasteiger partial charge in [0, 0.05) is 11.8 Å². The van der Waals surface area contributed by atoms with Crippen molar-refractivity contribution < 1.29 is 5.11 Å². The van der Waals surface area contributed by atoms with Gasteiger partial charge in [-0.2, -0.15) is 0 Å². The quantitative estimate of drug-likeness (QED) is 0.536. The SMILES string of the molecule is Cc1cn(CO)c(=O)[nH]c1=O. The van der Waals surface area contributed by atoms with Crippen molar-refractivity contribution in [2.75, 3.05) is 0 Å². The van der Waals surface area contributed by atoms with Crippen LogP contribution in [0.1, 0.15) is 5.56 Å². The van der Waals surface area contributed by atoms with Gasteiger partial charge in [0.25, 0.3) is 5.56 Å². The molecule has 1 aromatic heterocycles. The third-order valence-corrected chi connectivity index (χ3v) is 1.34. The maximum absolute atomic E-state index is 10.8. The number of hydrogen-bond acceptors (Lipinski definition) is 3. The standard InChI is InChI=1S/C6H8N2O3/c1-4-2-8(3-9)6(11)7-5(4)10/h2,9H,3H2,1H3,(H,7,10,11). The Morgan fingerprint density at radius 1 is 1.64 bits per heavy atom. The van der Waals surface area contributed by atoms with Crippen molar-refractivity contribution in [1.29, 1.82) is 0 Å². The summed E-state index contributed by atoms with van der Waals surface area (Å²) < 4.78 is 1.01. The van der Waals surface area contributed by atoms with E-state index < -0.39 is 18.0 Å². The van der Waals surface area contributed by atoms with Crippen molar-refractivity contribution in [3.63, 3.8) is 0 Å². The van der Waals surface area contributed by atoms with E-state index in [1.807, 2.05) is 4.98 Å². The van der Waals surface area contributed by atoms with Crippen LogP contribution in [0.3, 0.4) is 0 Å². The smallest absolute Gasteiger partial charge is 0.330 e. The minimum atomic E-state index is -0.594. The molecule has 60 valence electrons. The van der Waals surface area contributed by atoms with Gasteiger partial charge in [-0.05, 0) is 6.92 Å². The molecule has 0 amide bonds. The van der Waals surface area contributed by atoms with E-state index >= 15 is 0 Å². The zero-order chi connectivity index (χ0) is 8.43. The Kier molecular flexibility index (Phi) is 1.91. The number of nitrogens with zero attached hydrogens (tertiary/aromatic N) is 1. The molecule has 0 aromatic carbocycles. The molecule has 1 rings (SSSR count). The van der Waals surface area contributed by atoms with Crippen molar-refractivity contribution in [2.24, 2.45) is 0 Å². The molecule has 0 aliphatic heterocycles. The van der Waals surface area contributed by atoms with Gasteiger partial charge >= 0.3 is 5.69 Å². The number of aryl methyl sites for hydroxylation is 1. The van der Waals surface area contributed by atoms with Gasteiger partial charge in [0.05, 0.1) is 0 Å². The lowest BCUT2D eigenvalue weighted by molar-refractivity contribution is 0.203. The third-order valence-electron chi connectivity index (χ3n) is 1.34. The predicted molar refractivity (Wildman–Crippen MR) is 38.3 cm³/mol. The van der Waals surface area contributed by atoms with Crippen LogP contribution < -0.4 is 11.2 Å². The molecule has 0 saturated carbocycles. The average Bonchev–Trinajstić information content (AvgIpc) is 1.97. The van der Waals surface area contributed by atoms with Gasteiger partial charge in [-0.1, -0.05) is 0 Å². The first-order valence-electron chi connectivity index (χ1n) is 3.06. The molecular weight excluding hydrogens is 148 g/mol. The second-order valence-corrected chi connectivity index (χ2v) is 2.18. The Bertz CT molecular complexity index is 363. The number of aliphatic hydroxyl groups excluding tert-OH is 1. The molecule has 0 fully saturated rings. The fourth-order valence-electron chi connectivity index (χ4n) is 0.724. The number of aromatic nitrogens is 2. The molecule has 2 N–H and O–H groups in total. The largest absolute Gasteiger partial charge is 0.376 e. The van der Waals surface area contributed by atoms with Gasteiger partial charge in [-0.15, -0.1) is 0 Å². The highest BCUT2D eigenvalue weighted by molar-refractivity contribution is 5.00. The highest BCUT2D eigenvalue weighted by atomic mass is 16.3. The predicted octanol–water partition coefficient (Wildman–Crippen LogP) is -1.21. The first-order chi connectivity index (χ1) is 5.15. The lowest BCUT2D eigenvalue weighted by atomic mass is 10.4. The minimum absolute atomic E-state index is 0.402. The van der Waals surface area contributed by atoms with E-state index in [1.165, 1.54) is 6.20 Å². The zero-order valence-electron chi connectivity index (χ0n) is 6.00. The normalized spacial score (nSPS) is 10.0. The van der Waals surface area contributed by atoms with E-state index in [4.69, 9.17) is 5.11 Å². The van der Waals surface area contributed by atoms with Gasteiger partial charge in [-0.25, -0.2) is 4.79 Å². The van der Waals surface area contributed by atoms with Crippen molar-refractivity contribution in [3.05, 3.63) is 32.6 Å². The van der Waals surface area contributed by atoms with Crippen LogP contribution in [0, 0.1) is 6.92 Å². The van der Waals surface area contributed by atoms with E-state index in [2.05, 4.69) is 0 Å². The van der Waals surface area contributed by atoms with Gasteiger partial charge in [-0.3, -0.25) is 14.3 Å². The zero-order valence-corrected chi connectivity index (χ0v) is 6.00. The van der Waals surface area contributed by atoms with Crippen LogP contribution >= 0.6 is 0 Å². The van der Waals surface area contributed by atoms with E-state index in [0.29, 0.717) is 5.56 Å². The van der Waals surface area contributed by atoms with E-state index in [1.54, 1.807) is 6.92 Å². The lowest BCUT2D eigenvalue weighted by Gasteiger charge is -1.98. The molecule has 5 nitrogen and oxygen atoms in total. The fraction of sp³-hybridized carbons (Fsp3) is 0.333. The molecule has 1 heterocycles. The van der Waals surface area contributed by atoms with Crippen LogP contribution in [0.15, 0.2) is 15.8 Å². The molecule has 0 aliphatic carbocycles. The number of H-pyrrole nitrogens is 1. The van der Waals surface area contributed by atoms with Crippen molar-refractivity contribution in [2.45, 2.75) is 13.7 Å². The van der Waals surface area contributed by atoms with E-state index in [0.717, 1.165) is 4.57 Å². The summed E-state index contributed by atoms with van der Waals surface area (Å²) in [5, 5.41) is 8.57. The molecule has 0 spiro atoms. The lowest BCUT2D eigenvalue weighted by Crippen LogP contribution is -2.30. The van der Waals surface area contributed by atoms with Crippen LogP contribution in [-0.4, -0.2) is 14.7 Å². The summed E-state index contributed by atoms with van der Waals surface area (Å²) in [4.78, 5) is 23.6. The Hall–Kier alpha value is -1.36. The maximum atomic E-state index is 10.8. The molecule has 5 heteroatoms. The Balaban J connectivity index is 3.45. The first kappa shape index (κ1) is 7.74. The highest BCUT2D eigenvalue weighted by Gasteiger charge is 1.97. The van der Waals surface area contributed by atoms with Crippen LogP contribution in [0.25, 0.3) is 0 Å². The Labute approximate surface area is 61.9 Å². The fourth-order valence-corrected chi connectivity index (χ4v) is 0.724. The number of aromatic amines is 1. The number of nitrogens with one attached hydrogen (secondary N) is 1. The molecule has 0 atom stereocenters. The Morgan fingerprint density at radius 3 is 2.82 bits per heavy atom. The summed E-state index contributed by atoms with van der Waals surface area (Å²) in [7, 11) is 0. The van der Waals surface area contributed by atoms with E-state index in [9.17, 15) is 9.59 Å². The highest BCUT2D eigenvalue weighted by Crippen LogP contribution is 1.80. The van der Waals surface area contributed by atoms with Gasteiger partial charge in [0.2, 0.25) is 0 Å².